The summed E-state index contributed by atoms with van der Waals surface area (Å²) in [6, 6.07) is 0. The lowest BCUT2D eigenvalue weighted by Gasteiger charge is -2.26. The molecule has 2 nitrogen and oxygen atoms in total. The molecule has 0 spiro atoms. The second-order valence-corrected chi connectivity index (χ2v) is 13.2. The van der Waals surface area contributed by atoms with Gasteiger partial charge in [-0.3, -0.25) is 0 Å². The van der Waals surface area contributed by atoms with E-state index in [1.165, 1.54) is 128 Å². The Hall–Kier alpha value is -0.610. The lowest BCUT2D eigenvalue weighted by molar-refractivity contribution is 0.0208. The van der Waals surface area contributed by atoms with Crippen molar-refractivity contribution in [1.29, 1.82) is 0 Å². The minimum Gasteiger partial charge on any atom is -0.378 e. The molecule has 2 saturated carbocycles. The van der Waals surface area contributed by atoms with E-state index in [1.807, 2.05) is 11.8 Å². The van der Waals surface area contributed by atoms with Crippen molar-refractivity contribution in [2.45, 2.75) is 165 Å². The van der Waals surface area contributed by atoms with Gasteiger partial charge in [0.2, 0.25) is 0 Å². The molecule has 37 heavy (non-hydrogen) atoms. The van der Waals surface area contributed by atoms with Crippen molar-refractivity contribution < 1.29 is 9.47 Å². The molecule has 0 bridgehead atoms. The first kappa shape index (κ1) is 30.9. The van der Waals surface area contributed by atoms with Crippen LogP contribution in [0.5, 0.6) is 0 Å². The van der Waals surface area contributed by atoms with Crippen LogP contribution in [0, 0.1) is 35.5 Å². The van der Waals surface area contributed by atoms with Gasteiger partial charge in [-0.15, -0.1) is 11.8 Å². The molecule has 0 radical (unpaired) electrons. The summed E-state index contributed by atoms with van der Waals surface area (Å²) in [5, 5.41) is 0.996. The Bertz CT molecular complexity index is 637. The Labute approximate surface area is 234 Å². The smallest absolute Gasteiger partial charge is 0.0670 e. The van der Waals surface area contributed by atoms with Crippen molar-refractivity contribution >= 4 is 11.8 Å². The van der Waals surface area contributed by atoms with Crippen molar-refractivity contribution in [3.63, 3.8) is 0 Å². The van der Waals surface area contributed by atoms with E-state index in [-0.39, 0.29) is 0 Å². The van der Waals surface area contributed by atoms with Crippen molar-refractivity contribution in [3.8, 4) is 23.7 Å². The van der Waals surface area contributed by atoms with Crippen LogP contribution in [0.4, 0.5) is 0 Å². The van der Waals surface area contributed by atoms with E-state index in [0.717, 1.165) is 13.2 Å². The molecule has 0 aromatic rings. The fourth-order valence-electron chi connectivity index (χ4n) is 5.93. The van der Waals surface area contributed by atoms with Crippen LogP contribution in [0.3, 0.4) is 0 Å². The van der Waals surface area contributed by atoms with Crippen LogP contribution in [0.15, 0.2) is 0 Å². The summed E-state index contributed by atoms with van der Waals surface area (Å²) in [6.07, 6.45) is 26.3. The van der Waals surface area contributed by atoms with Gasteiger partial charge in [-0.1, -0.05) is 88.9 Å². The topological polar surface area (TPSA) is 18.5 Å². The third-order valence-corrected chi connectivity index (χ3v) is 9.83. The summed E-state index contributed by atoms with van der Waals surface area (Å²) in [5.74, 6) is 15.7. The average Bonchev–Trinajstić information content (AvgIpc) is 3.39. The largest absolute Gasteiger partial charge is 0.378 e. The molecule has 2 unspecified atom stereocenters. The standard InChI is InChI=1S/C34H56O2S/c1-3-5-7-9-11-27-35-31-19-13-29(14-20-31)17-23-33-25-26-34(37-33)24-18-30-15-21-32(22-16-30)36-28-12-10-8-6-4-2/h29-34H,3-16,19-22,25-28H2,1-2H3. The molecule has 3 fully saturated rings. The zero-order valence-corrected chi connectivity index (χ0v) is 25.1. The Kier molecular flexibility index (Phi) is 16.3. The molecule has 2 aliphatic carbocycles. The van der Waals surface area contributed by atoms with Crippen LogP contribution in [0.25, 0.3) is 0 Å². The SMILES string of the molecule is CCCCCCCOC1CCC(C#CC2CCC(C#CC3CCC(OCCCCCCC)CC3)S2)CC1. The quantitative estimate of drug-likeness (QED) is 0.165. The molecule has 0 amide bonds. The van der Waals surface area contributed by atoms with Crippen LogP contribution < -0.4 is 0 Å². The van der Waals surface area contributed by atoms with Gasteiger partial charge < -0.3 is 9.47 Å². The third kappa shape index (κ3) is 13.3. The predicted molar refractivity (Wildman–Crippen MR) is 161 cm³/mol. The van der Waals surface area contributed by atoms with Crippen molar-refractivity contribution in [3.05, 3.63) is 0 Å². The number of unbranched alkanes of at least 4 members (excludes halogenated alkanes) is 8. The van der Waals surface area contributed by atoms with Gasteiger partial charge in [0.15, 0.2) is 0 Å². The van der Waals surface area contributed by atoms with E-state index in [2.05, 4.69) is 37.5 Å². The van der Waals surface area contributed by atoms with Gasteiger partial charge in [-0.2, -0.15) is 0 Å². The highest BCUT2D eigenvalue weighted by Gasteiger charge is 2.25. The number of hydrogen-bond acceptors (Lipinski definition) is 3. The van der Waals surface area contributed by atoms with Gasteiger partial charge in [-0.25, -0.2) is 0 Å². The molecule has 210 valence electrons. The molecule has 1 saturated heterocycles. The molecule has 3 rings (SSSR count). The molecule has 0 aromatic carbocycles. The van der Waals surface area contributed by atoms with E-state index in [0.29, 0.717) is 34.5 Å². The monoisotopic (exact) mass is 528 g/mol. The van der Waals surface area contributed by atoms with Crippen LogP contribution in [-0.2, 0) is 9.47 Å². The Morgan fingerprint density at radius 2 is 0.892 bits per heavy atom. The van der Waals surface area contributed by atoms with E-state index in [4.69, 9.17) is 9.47 Å². The van der Waals surface area contributed by atoms with Gasteiger partial charge in [0.05, 0.1) is 22.7 Å². The second-order valence-electron chi connectivity index (χ2n) is 11.8. The second kappa shape index (κ2) is 19.4. The minimum atomic E-state index is 0.488. The van der Waals surface area contributed by atoms with Gasteiger partial charge in [0, 0.05) is 25.0 Å². The number of hydrogen-bond donors (Lipinski definition) is 0. The fraction of sp³-hybridized carbons (Fsp3) is 0.882. The molecular formula is C34H56O2S. The minimum absolute atomic E-state index is 0.488. The first-order chi connectivity index (χ1) is 18.3. The molecule has 3 heteroatoms. The molecule has 3 aliphatic rings. The number of thioether (sulfide) groups is 1. The maximum absolute atomic E-state index is 6.15. The lowest BCUT2D eigenvalue weighted by Crippen LogP contribution is -2.21. The number of ether oxygens (including phenoxy) is 2. The van der Waals surface area contributed by atoms with Crippen LogP contribution in [-0.4, -0.2) is 35.9 Å². The zero-order chi connectivity index (χ0) is 26.0. The highest BCUT2D eigenvalue weighted by molar-refractivity contribution is 8.01. The third-order valence-electron chi connectivity index (χ3n) is 8.47. The molecular weight excluding hydrogens is 472 g/mol. The van der Waals surface area contributed by atoms with E-state index < -0.39 is 0 Å². The molecule has 2 atom stereocenters. The van der Waals surface area contributed by atoms with E-state index in [1.54, 1.807) is 0 Å². The van der Waals surface area contributed by atoms with Gasteiger partial charge in [0.1, 0.15) is 0 Å². The summed E-state index contributed by atoms with van der Waals surface area (Å²) in [6.45, 7) is 6.46. The zero-order valence-electron chi connectivity index (χ0n) is 24.2. The first-order valence-electron chi connectivity index (χ1n) is 16.2. The van der Waals surface area contributed by atoms with Gasteiger partial charge in [0.25, 0.3) is 0 Å². The summed E-state index contributed by atoms with van der Waals surface area (Å²) in [5.41, 5.74) is 0. The molecule has 1 aliphatic heterocycles. The predicted octanol–water partition coefficient (Wildman–Crippen LogP) is 9.35. The van der Waals surface area contributed by atoms with Crippen molar-refractivity contribution in [2.24, 2.45) is 11.8 Å². The molecule has 0 aromatic heterocycles. The first-order valence-corrected chi connectivity index (χ1v) is 17.1. The molecule has 1 heterocycles. The summed E-state index contributed by atoms with van der Waals surface area (Å²) >= 11 is 2.03. The van der Waals surface area contributed by atoms with Crippen LogP contribution in [0.1, 0.15) is 142 Å². The summed E-state index contributed by atoms with van der Waals surface area (Å²) < 4.78 is 12.3. The number of rotatable bonds is 14. The van der Waals surface area contributed by atoms with Gasteiger partial charge >= 0.3 is 0 Å². The highest BCUT2D eigenvalue weighted by Crippen LogP contribution is 2.34. The van der Waals surface area contributed by atoms with E-state index >= 15 is 0 Å². The fourth-order valence-corrected chi connectivity index (χ4v) is 7.14. The van der Waals surface area contributed by atoms with Crippen LogP contribution >= 0.6 is 11.8 Å². The summed E-state index contributed by atoms with van der Waals surface area (Å²) in [7, 11) is 0. The van der Waals surface area contributed by atoms with Crippen LogP contribution in [0.2, 0.25) is 0 Å². The Balaban J connectivity index is 1.23. The Morgan fingerprint density at radius 3 is 1.30 bits per heavy atom. The van der Waals surface area contributed by atoms with Gasteiger partial charge in [-0.05, 0) is 77.0 Å². The summed E-state index contributed by atoms with van der Waals surface area (Å²) in [4.78, 5) is 0. The Morgan fingerprint density at radius 1 is 0.486 bits per heavy atom. The molecule has 0 N–H and O–H groups in total. The van der Waals surface area contributed by atoms with Crippen molar-refractivity contribution in [2.75, 3.05) is 13.2 Å². The maximum Gasteiger partial charge on any atom is 0.0670 e. The van der Waals surface area contributed by atoms with E-state index in [9.17, 15) is 0 Å². The average molecular weight is 529 g/mol. The van der Waals surface area contributed by atoms with Crippen molar-refractivity contribution in [1.82, 2.24) is 0 Å². The highest BCUT2D eigenvalue weighted by atomic mass is 32.2. The normalized spacial score (nSPS) is 29.8. The maximum atomic E-state index is 6.15. The lowest BCUT2D eigenvalue weighted by atomic mass is 9.87.